The van der Waals surface area contributed by atoms with Gasteiger partial charge in [-0.2, -0.15) is 11.8 Å². The molecule has 1 heterocycles. The van der Waals surface area contributed by atoms with Crippen LogP contribution in [0.1, 0.15) is 12.8 Å². The van der Waals surface area contributed by atoms with Crippen LogP contribution in [0, 0.1) is 0 Å². The largest absolute Gasteiger partial charge is 0.355 e. The van der Waals surface area contributed by atoms with Gasteiger partial charge in [-0.05, 0) is 42.9 Å². The smallest absolute Gasteiger partial charge is 0.191 e. The molecule has 0 aromatic heterocycles. The van der Waals surface area contributed by atoms with E-state index in [-0.39, 0.29) is 29.7 Å². The Labute approximate surface area is 173 Å². The van der Waals surface area contributed by atoms with Crippen molar-refractivity contribution in [3.05, 3.63) is 28.7 Å². The van der Waals surface area contributed by atoms with Gasteiger partial charge in [0.15, 0.2) is 15.8 Å². The zero-order valence-corrected chi connectivity index (χ0v) is 19.0. The molecule has 1 aliphatic heterocycles. The number of thioether (sulfide) groups is 1. The molecule has 1 aliphatic rings. The van der Waals surface area contributed by atoms with Crippen molar-refractivity contribution in [3.8, 4) is 0 Å². The van der Waals surface area contributed by atoms with Crippen LogP contribution in [0.15, 0.2) is 38.6 Å². The van der Waals surface area contributed by atoms with Crippen LogP contribution in [-0.2, 0) is 9.84 Å². The molecular formula is C15H23BrIN3O2S2. The lowest BCUT2D eigenvalue weighted by atomic mass is 10.2. The SMILES string of the molecule is CN=C(NCCS(=O)(=O)c1ccc(Br)cc1)NCC1CCCS1.I. The van der Waals surface area contributed by atoms with Crippen molar-refractivity contribution in [3.63, 3.8) is 0 Å². The first-order valence-corrected chi connectivity index (χ1v) is 11.0. The fourth-order valence-electron chi connectivity index (χ4n) is 2.30. The lowest BCUT2D eigenvalue weighted by Gasteiger charge is -2.14. The first-order chi connectivity index (χ1) is 11.0. The summed E-state index contributed by atoms with van der Waals surface area (Å²) < 4.78 is 25.4. The van der Waals surface area contributed by atoms with Gasteiger partial charge >= 0.3 is 0 Å². The maximum atomic E-state index is 12.3. The van der Waals surface area contributed by atoms with E-state index in [0.29, 0.717) is 22.6 Å². The van der Waals surface area contributed by atoms with Gasteiger partial charge in [-0.1, -0.05) is 15.9 Å². The summed E-state index contributed by atoms with van der Waals surface area (Å²) >= 11 is 5.28. The lowest BCUT2D eigenvalue weighted by molar-refractivity contribution is 0.594. The standard InChI is InChI=1S/C15H22BrN3O2S2.HI/c1-17-15(19-11-13-3-2-9-22-13)18-8-10-23(20,21)14-6-4-12(16)5-7-14;/h4-7,13H,2-3,8-11H2,1H3,(H2,17,18,19);1H. The van der Waals surface area contributed by atoms with E-state index in [4.69, 9.17) is 0 Å². The number of hydrogen-bond donors (Lipinski definition) is 2. The number of halogens is 2. The predicted molar refractivity (Wildman–Crippen MR) is 116 cm³/mol. The van der Waals surface area contributed by atoms with Crippen molar-refractivity contribution in [2.45, 2.75) is 23.0 Å². The molecule has 1 fully saturated rings. The fourth-order valence-corrected chi connectivity index (χ4v) is 4.92. The van der Waals surface area contributed by atoms with E-state index in [9.17, 15) is 8.42 Å². The van der Waals surface area contributed by atoms with Gasteiger partial charge in [0.25, 0.3) is 0 Å². The number of nitrogens with zero attached hydrogens (tertiary/aromatic N) is 1. The van der Waals surface area contributed by atoms with Gasteiger partial charge in [0.1, 0.15) is 0 Å². The minimum Gasteiger partial charge on any atom is -0.355 e. The summed E-state index contributed by atoms with van der Waals surface area (Å²) in [6, 6.07) is 6.70. The van der Waals surface area contributed by atoms with E-state index >= 15 is 0 Å². The summed E-state index contributed by atoms with van der Waals surface area (Å²) in [5, 5.41) is 6.96. The average Bonchev–Trinajstić information content (AvgIpc) is 3.04. The molecule has 1 saturated heterocycles. The fraction of sp³-hybridized carbons (Fsp3) is 0.533. The molecule has 2 N–H and O–H groups in total. The molecule has 9 heteroatoms. The molecule has 0 spiro atoms. The highest BCUT2D eigenvalue weighted by Crippen LogP contribution is 2.25. The zero-order chi connectivity index (χ0) is 16.7. The maximum Gasteiger partial charge on any atom is 0.191 e. The van der Waals surface area contributed by atoms with Crippen LogP contribution in [0.4, 0.5) is 0 Å². The lowest BCUT2D eigenvalue weighted by Crippen LogP contribution is -2.41. The van der Waals surface area contributed by atoms with Gasteiger partial charge in [-0.15, -0.1) is 24.0 Å². The Morgan fingerprint density at radius 1 is 1.33 bits per heavy atom. The van der Waals surface area contributed by atoms with Gasteiger partial charge in [0.05, 0.1) is 10.6 Å². The van der Waals surface area contributed by atoms with Crippen LogP contribution in [0.3, 0.4) is 0 Å². The van der Waals surface area contributed by atoms with Crippen molar-refractivity contribution < 1.29 is 8.42 Å². The minimum atomic E-state index is -3.28. The highest BCUT2D eigenvalue weighted by Gasteiger charge is 2.16. The number of hydrogen-bond acceptors (Lipinski definition) is 4. The minimum absolute atomic E-state index is 0. The van der Waals surface area contributed by atoms with E-state index in [1.165, 1.54) is 18.6 Å². The van der Waals surface area contributed by atoms with Crippen LogP contribution in [0.25, 0.3) is 0 Å². The van der Waals surface area contributed by atoms with Gasteiger partial charge < -0.3 is 10.6 Å². The predicted octanol–water partition coefficient (Wildman–Crippen LogP) is 2.90. The van der Waals surface area contributed by atoms with Crippen LogP contribution in [-0.4, -0.2) is 51.3 Å². The molecule has 0 bridgehead atoms. The van der Waals surface area contributed by atoms with Crippen LogP contribution in [0.5, 0.6) is 0 Å². The van der Waals surface area contributed by atoms with Gasteiger partial charge in [-0.25, -0.2) is 8.42 Å². The van der Waals surface area contributed by atoms with Gasteiger partial charge in [0.2, 0.25) is 0 Å². The second-order valence-electron chi connectivity index (χ2n) is 5.29. The van der Waals surface area contributed by atoms with Gasteiger partial charge in [0, 0.05) is 29.9 Å². The van der Waals surface area contributed by atoms with Crippen LogP contribution >= 0.6 is 51.7 Å². The third kappa shape index (κ3) is 7.09. The molecule has 5 nitrogen and oxygen atoms in total. The second-order valence-corrected chi connectivity index (χ2v) is 9.72. The Balaban J connectivity index is 0.00000288. The summed E-state index contributed by atoms with van der Waals surface area (Å²) in [7, 11) is -1.59. The van der Waals surface area contributed by atoms with Crippen molar-refractivity contribution in [1.29, 1.82) is 0 Å². The Morgan fingerprint density at radius 2 is 2.04 bits per heavy atom. The van der Waals surface area contributed by atoms with Crippen molar-refractivity contribution in [2.75, 3.05) is 31.6 Å². The molecular weight excluding hydrogens is 525 g/mol. The van der Waals surface area contributed by atoms with Crippen molar-refractivity contribution in [1.82, 2.24) is 10.6 Å². The van der Waals surface area contributed by atoms with Gasteiger partial charge in [-0.3, -0.25) is 4.99 Å². The molecule has 24 heavy (non-hydrogen) atoms. The Hall–Kier alpha value is -0.000000000000000111. The number of guanidine groups is 1. The maximum absolute atomic E-state index is 12.3. The highest BCUT2D eigenvalue weighted by molar-refractivity contribution is 14.0. The Bertz CT molecular complexity index is 633. The molecule has 0 radical (unpaired) electrons. The molecule has 1 atom stereocenters. The van der Waals surface area contributed by atoms with E-state index in [0.717, 1.165) is 11.0 Å². The number of nitrogens with one attached hydrogen (secondary N) is 2. The second kappa shape index (κ2) is 10.9. The Kier molecular flexibility index (Phi) is 9.98. The highest BCUT2D eigenvalue weighted by atomic mass is 127. The van der Waals surface area contributed by atoms with E-state index < -0.39 is 9.84 Å². The van der Waals surface area contributed by atoms with E-state index in [1.54, 1.807) is 31.3 Å². The summed E-state index contributed by atoms with van der Waals surface area (Å²) in [6.45, 7) is 1.19. The molecule has 0 amide bonds. The van der Waals surface area contributed by atoms with Crippen LogP contribution < -0.4 is 10.6 Å². The van der Waals surface area contributed by atoms with Crippen molar-refractivity contribution >= 4 is 67.5 Å². The molecule has 0 saturated carbocycles. The summed E-state index contributed by atoms with van der Waals surface area (Å²) in [6.07, 6.45) is 2.50. The number of rotatable bonds is 6. The monoisotopic (exact) mass is 547 g/mol. The molecule has 1 unspecified atom stereocenters. The quantitative estimate of drug-likeness (QED) is 0.325. The first kappa shape index (κ1) is 22.0. The van der Waals surface area contributed by atoms with Crippen LogP contribution in [0.2, 0.25) is 0 Å². The normalized spacial score (nSPS) is 18.1. The van der Waals surface area contributed by atoms with E-state index in [2.05, 4.69) is 31.6 Å². The molecule has 136 valence electrons. The number of sulfone groups is 1. The van der Waals surface area contributed by atoms with Crippen molar-refractivity contribution in [2.24, 2.45) is 4.99 Å². The molecule has 1 aromatic carbocycles. The van der Waals surface area contributed by atoms with E-state index in [1.807, 2.05) is 11.8 Å². The zero-order valence-electron chi connectivity index (χ0n) is 13.5. The number of benzene rings is 1. The molecule has 0 aliphatic carbocycles. The third-order valence-corrected chi connectivity index (χ3v) is 7.24. The molecule has 2 rings (SSSR count). The molecule has 1 aromatic rings. The average molecular weight is 548 g/mol. The Morgan fingerprint density at radius 3 is 2.62 bits per heavy atom. The first-order valence-electron chi connectivity index (χ1n) is 7.56. The summed E-state index contributed by atoms with van der Waals surface area (Å²) in [5.74, 6) is 1.92. The summed E-state index contributed by atoms with van der Waals surface area (Å²) in [4.78, 5) is 4.48. The topological polar surface area (TPSA) is 70.6 Å². The third-order valence-electron chi connectivity index (χ3n) is 3.58. The summed E-state index contributed by atoms with van der Waals surface area (Å²) in [5.41, 5.74) is 0. The number of aliphatic imine (C=N–C) groups is 1.